The predicted molar refractivity (Wildman–Crippen MR) is 68.7 cm³/mol. The molecule has 0 spiro atoms. The van der Waals surface area contributed by atoms with Crippen molar-refractivity contribution in [1.82, 2.24) is 0 Å². The summed E-state index contributed by atoms with van der Waals surface area (Å²) in [6, 6.07) is 8.87. The topological polar surface area (TPSA) is 45.0 Å². The highest BCUT2D eigenvalue weighted by Gasteiger charge is 2.31. The molecule has 0 bridgehead atoms. The zero-order valence-corrected chi connectivity index (χ0v) is 10.7. The first-order valence-corrected chi connectivity index (χ1v) is 5.81. The van der Waals surface area contributed by atoms with Gasteiger partial charge >= 0.3 is 6.18 Å². The van der Waals surface area contributed by atoms with Gasteiger partial charge in [0.05, 0.1) is 11.3 Å². The third-order valence-corrected chi connectivity index (χ3v) is 2.65. The fraction of sp³-hybridized carbons (Fsp3) is 0.0769. The Balaban J connectivity index is 2.24. The summed E-state index contributed by atoms with van der Waals surface area (Å²) < 4.78 is 37.2. The van der Waals surface area contributed by atoms with Crippen LogP contribution in [0.2, 0.25) is 5.02 Å². The van der Waals surface area contributed by atoms with Gasteiger partial charge in [-0.05, 0) is 42.5 Å². The third-order valence-electron chi connectivity index (χ3n) is 2.40. The van der Waals surface area contributed by atoms with Crippen molar-refractivity contribution in [3.8, 4) is 5.75 Å². The molecule has 2 rings (SSSR count). The molecule has 0 aliphatic rings. The molecule has 0 unspecified atom stereocenters. The van der Waals surface area contributed by atoms with Crippen LogP contribution in [0, 0.1) is 0 Å². The van der Waals surface area contributed by atoms with Crippen molar-refractivity contribution in [3.63, 3.8) is 0 Å². The van der Waals surface area contributed by atoms with E-state index >= 15 is 0 Å². The van der Waals surface area contributed by atoms with Crippen LogP contribution < -0.4 is 0 Å². The molecule has 0 aromatic heterocycles. The molecule has 104 valence electrons. The van der Waals surface area contributed by atoms with Crippen molar-refractivity contribution in [2.45, 2.75) is 6.18 Å². The summed E-state index contributed by atoms with van der Waals surface area (Å²) in [7, 11) is 0. The molecule has 7 heteroatoms. The van der Waals surface area contributed by atoms with Crippen molar-refractivity contribution < 1.29 is 18.3 Å². The summed E-state index contributed by atoms with van der Waals surface area (Å²) in [6.07, 6.45) is -4.51. The van der Waals surface area contributed by atoms with Crippen LogP contribution >= 0.6 is 11.6 Å². The summed E-state index contributed by atoms with van der Waals surface area (Å²) in [4.78, 5) is 0. The third kappa shape index (κ3) is 3.48. The molecule has 0 fully saturated rings. The Morgan fingerprint density at radius 2 is 1.60 bits per heavy atom. The monoisotopic (exact) mass is 300 g/mol. The number of azo groups is 1. The quantitative estimate of drug-likeness (QED) is 0.733. The van der Waals surface area contributed by atoms with Gasteiger partial charge in [-0.25, -0.2) is 0 Å². The van der Waals surface area contributed by atoms with E-state index in [1.807, 2.05) is 0 Å². The second-order valence-corrected chi connectivity index (χ2v) is 4.31. The highest BCUT2D eigenvalue weighted by atomic mass is 35.5. The van der Waals surface area contributed by atoms with E-state index in [2.05, 4.69) is 10.2 Å². The van der Waals surface area contributed by atoms with Crippen molar-refractivity contribution >= 4 is 23.0 Å². The summed E-state index contributed by atoms with van der Waals surface area (Å²) in [5.41, 5.74) is -0.526. The average molecular weight is 301 g/mol. The first-order chi connectivity index (χ1) is 9.36. The lowest BCUT2D eigenvalue weighted by Gasteiger charge is -2.07. The fourth-order valence-corrected chi connectivity index (χ4v) is 1.53. The van der Waals surface area contributed by atoms with Gasteiger partial charge in [-0.2, -0.15) is 18.3 Å². The molecule has 1 N–H and O–H groups in total. The van der Waals surface area contributed by atoms with E-state index in [9.17, 15) is 18.3 Å². The molecule has 0 aliphatic heterocycles. The SMILES string of the molecule is Oc1cc(C(F)(F)F)ccc1/N=N/c1ccc(Cl)cc1. The maximum Gasteiger partial charge on any atom is 0.416 e. The normalized spacial score (nSPS) is 12.0. The zero-order chi connectivity index (χ0) is 14.8. The molecule has 0 amide bonds. The average Bonchev–Trinajstić information content (AvgIpc) is 2.38. The van der Waals surface area contributed by atoms with Gasteiger partial charge in [0.15, 0.2) is 0 Å². The van der Waals surface area contributed by atoms with Gasteiger partial charge < -0.3 is 5.11 Å². The highest BCUT2D eigenvalue weighted by molar-refractivity contribution is 6.30. The Labute approximate surface area is 117 Å². The van der Waals surface area contributed by atoms with Crippen LogP contribution in [0.25, 0.3) is 0 Å². The minimum Gasteiger partial charge on any atom is -0.506 e. The molecular weight excluding hydrogens is 293 g/mol. The summed E-state index contributed by atoms with van der Waals surface area (Å²) in [5, 5.41) is 17.5. The highest BCUT2D eigenvalue weighted by Crippen LogP contribution is 2.36. The standard InChI is InChI=1S/C13H8ClF3N2O/c14-9-2-4-10(5-3-9)18-19-11-6-1-8(7-12(11)20)13(15,16)17/h1-7,20H/b19-18+. The Kier molecular flexibility index (Phi) is 3.94. The van der Waals surface area contributed by atoms with E-state index in [1.54, 1.807) is 24.3 Å². The number of phenolic OH excluding ortho intramolecular Hbond substituents is 1. The number of phenols is 1. The zero-order valence-electron chi connectivity index (χ0n) is 9.89. The van der Waals surface area contributed by atoms with Crippen LogP contribution in [0.15, 0.2) is 52.7 Å². The van der Waals surface area contributed by atoms with Crippen LogP contribution in [-0.2, 0) is 6.18 Å². The maximum absolute atomic E-state index is 12.4. The molecule has 2 aromatic carbocycles. The number of alkyl halides is 3. The van der Waals surface area contributed by atoms with Crippen molar-refractivity contribution in [2.24, 2.45) is 10.2 Å². The minimum atomic E-state index is -4.51. The molecule has 0 heterocycles. The van der Waals surface area contributed by atoms with Crippen LogP contribution in [0.3, 0.4) is 0 Å². The van der Waals surface area contributed by atoms with E-state index in [0.717, 1.165) is 12.1 Å². The number of hydrogen-bond donors (Lipinski definition) is 1. The van der Waals surface area contributed by atoms with Gasteiger partial charge in [0.25, 0.3) is 0 Å². The number of rotatable bonds is 2. The van der Waals surface area contributed by atoms with Gasteiger partial charge in [-0.3, -0.25) is 0 Å². The lowest BCUT2D eigenvalue weighted by atomic mass is 10.2. The largest absolute Gasteiger partial charge is 0.506 e. The molecule has 0 saturated heterocycles. The molecule has 0 aliphatic carbocycles. The van der Waals surface area contributed by atoms with Gasteiger partial charge in [0, 0.05) is 5.02 Å². The molecule has 2 aromatic rings. The van der Waals surface area contributed by atoms with Crippen molar-refractivity contribution in [1.29, 1.82) is 0 Å². The van der Waals surface area contributed by atoms with Gasteiger partial charge in [0.1, 0.15) is 11.4 Å². The van der Waals surface area contributed by atoms with Crippen molar-refractivity contribution in [3.05, 3.63) is 53.1 Å². The number of halogens is 4. The van der Waals surface area contributed by atoms with E-state index in [1.165, 1.54) is 0 Å². The Morgan fingerprint density at radius 1 is 0.950 bits per heavy atom. The van der Waals surface area contributed by atoms with E-state index in [0.29, 0.717) is 16.8 Å². The molecule has 0 atom stereocenters. The number of nitrogens with zero attached hydrogens (tertiary/aromatic N) is 2. The van der Waals surface area contributed by atoms with Crippen LogP contribution in [0.5, 0.6) is 5.75 Å². The Hall–Kier alpha value is -2.08. The molecule has 0 saturated carbocycles. The van der Waals surface area contributed by atoms with Crippen LogP contribution in [0.1, 0.15) is 5.56 Å². The predicted octanol–water partition coefficient (Wildman–Crippen LogP) is 5.48. The van der Waals surface area contributed by atoms with Crippen LogP contribution in [0.4, 0.5) is 24.5 Å². The summed E-state index contributed by atoms with van der Waals surface area (Å²) in [5.74, 6) is -0.586. The van der Waals surface area contributed by atoms with Gasteiger partial charge in [0.2, 0.25) is 0 Å². The first kappa shape index (κ1) is 14.3. The molecule has 20 heavy (non-hydrogen) atoms. The fourth-order valence-electron chi connectivity index (χ4n) is 1.40. The Bertz CT molecular complexity index is 639. The van der Waals surface area contributed by atoms with Crippen LogP contribution in [-0.4, -0.2) is 5.11 Å². The minimum absolute atomic E-state index is 0.0482. The first-order valence-electron chi connectivity index (χ1n) is 5.44. The number of aromatic hydroxyl groups is 1. The lowest BCUT2D eigenvalue weighted by Crippen LogP contribution is -2.03. The maximum atomic E-state index is 12.4. The second-order valence-electron chi connectivity index (χ2n) is 3.88. The number of benzene rings is 2. The lowest BCUT2D eigenvalue weighted by molar-refractivity contribution is -0.137. The number of hydrogen-bond acceptors (Lipinski definition) is 3. The van der Waals surface area contributed by atoms with E-state index in [4.69, 9.17) is 11.6 Å². The van der Waals surface area contributed by atoms with E-state index in [-0.39, 0.29) is 5.69 Å². The smallest absolute Gasteiger partial charge is 0.416 e. The second kappa shape index (κ2) is 5.50. The molecular formula is C13H8ClF3N2O. The van der Waals surface area contributed by atoms with Gasteiger partial charge in [-0.15, -0.1) is 5.11 Å². The van der Waals surface area contributed by atoms with Crippen molar-refractivity contribution in [2.75, 3.05) is 0 Å². The molecule has 3 nitrogen and oxygen atoms in total. The summed E-state index contributed by atoms with van der Waals surface area (Å²) in [6.45, 7) is 0. The molecule has 0 radical (unpaired) electrons. The Morgan fingerprint density at radius 3 is 2.15 bits per heavy atom. The summed E-state index contributed by atoms with van der Waals surface area (Å²) >= 11 is 5.70. The van der Waals surface area contributed by atoms with Gasteiger partial charge in [-0.1, -0.05) is 11.6 Å². The van der Waals surface area contributed by atoms with E-state index < -0.39 is 17.5 Å².